The molecular formula is C18H25FN2O3. The van der Waals surface area contributed by atoms with Crippen LogP contribution in [0.15, 0.2) is 24.3 Å². The highest BCUT2D eigenvalue weighted by atomic mass is 19.1. The molecule has 6 heteroatoms. The lowest BCUT2D eigenvalue weighted by molar-refractivity contribution is -0.132. The maximum absolute atomic E-state index is 13.6. The summed E-state index contributed by atoms with van der Waals surface area (Å²) < 4.78 is 18.9. The third-order valence-electron chi connectivity index (χ3n) is 3.85. The average molecular weight is 336 g/mol. The van der Waals surface area contributed by atoms with Gasteiger partial charge >= 0.3 is 6.09 Å². The number of piperazine rings is 1. The van der Waals surface area contributed by atoms with Crippen molar-refractivity contribution >= 4 is 12.0 Å². The van der Waals surface area contributed by atoms with Gasteiger partial charge in [-0.05, 0) is 38.8 Å². The van der Waals surface area contributed by atoms with Crippen LogP contribution in [0.1, 0.15) is 32.8 Å². The lowest BCUT2D eigenvalue weighted by Gasteiger charge is -2.35. The second kappa shape index (κ2) is 7.64. The van der Waals surface area contributed by atoms with Crippen molar-refractivity contribution in [3.63, 3.8) is 0 Å². The molecule has 1 aromatic rings. The van der Waals surface area contributed by atoms with E-state index in [4.69, 9.17) is 4.74 Å². The van der Waals surface area contributed by atoms with Gasteiger partial charge in [-0.1, -0.05) is 18.2 Å². The molecular weight excluding hydrogens is 311 g/mol. The zero-order valence-corrected chi connectivity index (χ0v) is 14.5. The van der Waals surface area contributed by atoms with E-state index in [0.29, 0.717) is 38.2 Å². The van der Waals surface area contributed by atoms with Crippen molar-refractivity contribution in [3.8, 4) is 0 Å². The van der Waals surface area contributed by atoms with E-state index in [9.17, 15) is 14.0 Å². The number of hydrogen-bond donors (Lipinski definition) is 0. The topological polar surface area (TPSA) is 49.9 Å². The quantitative estimate of drug-likeness (QED) is 0.853. The van der Waals surface area contributed by atoms with E-state index < -0.39 is 5.60 Å². The molecule has 2 amide bonds. The van der Waals surface area contributed by atoms with Gasteiger partial charge in [-0.15, -0.1) is 0 Å². The minimum atomic E-state index is -0.524. The SMILES string of the molecule is CC(C)(C)OC(=O)N1CCN(C(=O)CCc2ccccc2F)CC1. The van der Waals surface area contributed by atoms with Crippen molar-refractivity contribution in [2.75, 3.05) is 26.2 Å². The highest BCUT2D eigenvalue weighted by Crippen LogP contribution is 2.14. The molecule has 1 aliphatic heterocycles. The standard InChI is InChI=1S/C18H25FN2O3/c1-18(2,3)24-17(23)21-12-10-20(11-13-21)16(22)9-8-14-6-4-5-7-15(14)19/h4-7H,8-13H2,1-3H3. The summed E-state index contributed by atoms with van der Waals surface area (Å²) in [6, 6.07) is 6.50. The summed E-state index contributed by atoms with van der Waals surface area (Å²) in [5, 5.41) is 0. The molecule has 0 N–H and O–H groups in total. The molecule has 0 unspecified atom stereocenters. The van der Waals surface area contributed by atoms with Gasteiger partial charge in [0.25, 0.3) is 0 Å². The summed E-state index contributed by atoms with van der Waals surface area (Å²) in [5.74, 6) is -0.290. The number of halogens is 1. The van der Waals surface area contributed by atoms with Crippen LogP contribution in [0, 0.1) is 5.82 Å². The van der Waals surface area contributed by atoms with Gasteiger partial charge < -0.3 is 14.5 Å². The first-order chi connectivity index (χ1) is 11.3. The van der Waals surface area contributed by atoms with Gasteiger partial charge in [-0.25, -0.2) is 9.18 Å². The summed E-state index contributed by atoms with van der Waals surface area (Å²) >= 11 is 0. The van der Waals surface area contributed by atoms with Gasteiger partial charge in [-0.3, -0.25) is 4.79 Å². The maximum Gasteiger partial charge on any atom is 0.410 e. The van der Waals surface area contributed by atoms with E-state index in [1.54, 1.807) is 28.0 Å². The molecule has 0 saturated carbocycles. The van der Waals surface area contributed by atoms with Crippen LogP contribution < -0.4 is 0 Å². The number of rotatable bonds is 3. The van der Waals surface area contributed by atoms with Crippen LogP contribution in [0.25, 0.3) is 0 Å². The van der Waals surface area contributed by atoms with E-state index in [1.807, 2.05) is 20.8 Å². The first-order valence-corrected chi connectivity index (χ1v) is 8.25. The Morgan fingerprint density at radius 1 is 1.08 bits per heavy atom. The zero-order valence-electron chi connectivity index (χ0n) is 14.5. The maximum atomic E-state index is 13.6. The molecule has 0 bridgehead atoms. The fraction of sp³-hybridized carbons (Fsp3) is 0.556. The number of hydrogen-bond acceptors (Lipinski definition) is 3. The van der Waals surface area contributed by atoms with Crippen LogP contribution in [0.4, 0.5) is 9.18 Å². The van der Waals surface area contributed by atoms with E-state index in [1.165, 1.54) is 6.07 Å². The summed E-state index contributed by atoms with van der Waals surface area (Å²) in [4.78, 5) is 27.6. The summed E-state index contributed by atoms with van der Waals surface area (Å²) in [7, 11) is 0. The number of aryl methyl sites for hydroxylation is 1. The molecule has 0 aliphatic carbocycles. The van der Waals surface area contributed by atoms with Gasteiger partial charge in [-0.2, -0.15) is 0 Å². The van der Waals surface area contributed by atoms with Crippen LogP contribution in [-0.2, 0) is 16.0 Å². The highest BCUT2D eigenvalue weighted by Gasteiger charge is 2.27. The Morgan fingerprint density at radius 2 is 1.67 bits per heavy atom. The largest absolute Gasteiger partial charge is 0.444 e. The smallest absolute Gasteiger partial charge is 0.410 e. The van der Waals surface area contributed by atoms with Crippen LogP contribution in [0.3, 0.4) is 0 Å². The van der Waals surface area contributed by atoms with Gasteiger partial charge in [0.05, 0.1) is 0 Å². The van der Waals surface area contributed by atoms with Gasteiger partial charge in [0, 0.05) is 32.6 Å². The molecule has 1 aromatic carbocycles. The van der Waals surface area contributed by atoms with Gasteiger partial charge in [0.15, 0.2) is 0 Å². The minimum absolute atomic E-state index is 0.0120. The first kappa shape index (κ1) is 18.2. The van der Waals surface area contributed by atoms with Crippen molar-refractivity contribution in [1.82, 2.24) is 9.80 Å². The molecule has 1 fully saturated rings. The lowest BCUT2D eigenvalue weighted by atomic mass is 10.1. The molecule has 5 nitrogen and oxygen atoms in total. The monoisotopic (exact) mass is 336 g/mol. The average Bonchev–Trinajstić information content (AvgIpc) is 2.52. The fourth-order valence-corrected chi connectivity index (χ4v) is 2.57. The number of carbonyl (C=O) groups is 2. The third-order valence-corrected chi connectivity index (χ3v) is 3.85. The molecule has 0 atom stereocenters. The predicted molar refractivity (Wildman–Crippen MR) is 89.1 cm³/mol. The van der Waals surface area contributed by atoms with Crippen LogP contribution in [0.5, 0.6) is 0 Å². The molecule has 2 rings (SSSR count). The number of amides is 2. The lowest BCUT2D eigenvalue weighted by Crippen LogP contribution is -2.51. The van der Waals surface area contributed by atoms with E-state index >= 15 is 0 Å². The number of benzene rings is 1. The Balaban J connectivity index is 1.78. The highest BCUT2D eigenvalue weighted by molar-refractivity contribution is 5.77. The van der Waals surface area contributed by atoms with Crippen molar-refractivity contribution in [2.24, 2.45) is 0 Å². The Morgan fingerprint density at radius 3 is 2.25 bits per heavy atom. The molecule has 24 heavy (non-hydrogen) atoms. The number of ether oxygens (including phenoxy) is 1. The second-order valence-electron chi connectivity index (χ2n) is 6.94. The molecule has 1 saturated heterocycles. The van der Waals surface area contributed by atoms with Crippen LogP contribution in [0.2, 0.25) is 0 Å². The number of carbonyl (C=O) groups excluding carboxylic acids is 2. The molecule has 0 aromatic heterocycles. The van der Waals surface area contributed by atoms with E-state index in [0.717, 1.165) is 0 Å². The van der Waals surface area contributed by atoms with Gasteiger partial charge in [0.2, 0.25) is 5.91 Å². The van der Waals surface area contributed by atoms with Gasteiger partial charge in [0.1, 0.15) is 11.4 Å². The Hall–Kier alpha value is -2.11. The fourth-order valence-electron chi connectivity index (χ4n) is 2.57. The van der Waals surface area contributed by atoms with E-state index in [-0.39, 0.29) is 24.2 Å². The summed E-state index contributed by atoms with van der Waals surface area (Å²) in [6.07, 6.45) is 0.312. The summed E-state index contributed by atoms with van der Waals surface area (Å²) in [6.45, 7) is 7.36. The van der Waals surface area contributed by atoms with E-state index in [2.05, 4.69) is 0 Å². The zero-order chi connectivity index (χ0) is 17.7. The molecule has 1 aliphatic rings. The number of nitrogens with zero attached hydrogens (tertiary/aromatic N) is 2. The first-order valence-electron chi connectivity index (χ1n) is 8.25. The van der Waals surface area contributed by atoms with Crippen molar-refractivity contribution in [1.29, 1.82) is 0 Å². The molecule has 0 spiro atoms. The van der Waals surface area contributed by atoms with Crippen molar-refractivity contribution in [3.05, 3.63) is 35.6 Å². The summed E-state index contributed by atoms with van der Waals surface area (Å²) in [5.41, 5.74) is 0.0299. The minimum Gasteiger partial charge on any atom is -0.444 e. The third kappa shape index (κ3) is 5.22. The Bertz CT molecular complexity index is 590. The van der Waals surface area contributed by atoms with Crippen LogP contribution >= 0.6 is 0 Å². The molecule has 1 heterocycles. The Labute approximate surface area is 142 Å². The second-order valence-corrected chi connectivity index (χ2v) is 6.94. The predicted octanol–water partition coefficient (Wildman–Crippen LogP) is 2.84. The van der Waals surface area contributed by atoms with Crippen molar-refractivity contribution in [2.45, 2.75) is 39.2 Å². The van der Waals surface area contributed by atoms with Crippen molar-refractivity contribution < 1.29 is 18.7 Å². The normalized spacial score (nSPS) is 15.3. The molecule has 132 valence electrons. The van der Waals surface area contributed by atoms with Crippen LogP contribution in [-0.4, -0.2) is 53.6 Å². The molecule has 0 radical (unpaired) electrons. The Kier molecular flexibility index (Phi) is 5.80.